The summed E-state index contributed by atoms with van der Waals surface area (Å²) in [6, 6.07) is 5.83. The van der Waals surface area contributed by atoms with Gasteiger partial charge >= 0.3 is 6.18 Å². The van der Waals surface area contributed by atoms with E-state index in [1.54, 1.807) is 6.07 Å². The molecule has 0 aliphatic heterocycles. The van der Waals surface area contributed by atoms with Crippen molar-refractivity contribution in [2.24, 2.45) is 5.92 Å². The molecule has 0 aliphatic rings. The Hall–Kier alpha value is -1.52. The average molecular weight is 260 g/mol. The molecule has 18 heavy (non-hydrogen) atoms. The highest BCUT2D eigenvalue weighted by molar-refractivity contribution is 5.96. The van der Waals surface area contributed by atoms with E-state index in [9.17, 15) is 18.0 Å². The number of Topliss-reactive ketones (excluding diaryl/α,β-unsaturated/α-hetero) is 1. The molecule has 2 nitrogen and oxygen atoms in total. The second-order valence-corrected chi connectivity index (χ2v) is 4.45. The van der Waals surface area contributed by atoms with Gasteiger partial charge in [-0.3, -0.25) is 4.79 Å². The lowest BCUT2D eigenvalue weighted by molar-refractivity contribution is -0.153. The molecule has 0 saturated carbocycles. The Kier molecular flexibility index (Phi) is 4.76. The summed E-state index contributed by atoms with van der Waals surface area (Å²) >= 11 is 0. The van der Waals surface area contributed by atoms with Crippen molar-refractivity contribution in [3.8, 4) is 5.75 Å². The van der Waals surface area contributed by atoms with Gasteiger partial charge < -0.3 is 4.74 Å². The molecule has 100 valence electrons. The number of benzene rings is 1. The Labute approximate surface area is 104 Å². The van der Waals surface area contributed by atoms with Gasteiger partial charge in [0.25, 0.3) is 0 Å². The van der Waals surface area contributed by atoms with Crippen molar-refractivity contribution in [1.29, 1.82) is 0 Å². The lowest BCUT2D eigenvalue weighted by Crippen LogP contribution is -2.19. The van der Waals surface area contributed by atoms with Gasteiger partial charge in [0, 0.05) is 12.0 Å². The summed E-state index contributed by atoms with van der Waals surface area (Å²) in [6.07, 6.45) is -4.01. The minimum absolute atomic E-state index is 0.0573. The van der Waals surface area contributed by atoms with Crippen LogP contribution in [0.2, 0.25) is 0 Å². The van der Waals surface area contributed by atoms with Crippen LogP contribution in [0, 0.1) is 5.92 Å². The van der Waals surface area contributed by atoms with E-state index in [4.69, 9.17) is 0 Å². The number of carbonyl (C=O) groups excluding carboxylic acids is 1. The number of carbonyl (C=O) groups is 1. The molecule has 0 N–H and O–H groups in total. The van der Waals surface area contributed by atoms with Crippen molar-refractivity contribution in [2.45, 2.75) is 26.4 Å². The normalized spacial score (nSPS) is 11.7. The van der Waals surface area contributed by atoms with Crippen LogP contribution in [0.5, 0.6) is 5.75 Å². The summed E-state index contributed by atoms with van der Waals surface area (Å²) in [4.78, 5) is 11.7. The van der Waals surface area contributed by atoms with Gasteiger partial charge in [-0.25, -0.2) is 0 Å². The Morgan fingerprint density at radius 2 is 2.00 bits per heavy atom. The summed E-state index contributed by atoms with van der Waals surface area (Å²) in [5.41, 5.74) is 0.378. The van der Waals surface area contributed by atoms with E-state index in [1.807, 2.05) is 13.8 Å². The Bertz CT molecular complexity index is 411. The smallest absolute Gasteiger partial charge is 0.422 e. The summed E-state index contributed by atoms with van der Waals surface area (Å²) in [5, 5.41) is 0. The van der Waals surface area contributed by atoms with E-state index < -0.39 is 12.8 Å². The highest BCUT2D eigenvalue weighted by Gasteiger charge is 2.28. The van der Waals surface area contributed by atoms with Crippen LogP contribution in [0.15, 0.2) is 24.3 Å². The Morgan fingerprint density at radius 3 is 2.56 bits per heavy atom. The molecular formula is C13H15F3O2. The molecule has 0 unspecified atom stereocenters. The van der Waals surface area contributed by atoms with Gasteiger partial charge in [0.15, 0.2) is 12.4 Å². The molecular weight excluding hydrogens is 245 g/mol. The standard InChI is InChI=1S/C13H15F3O2/c1-9(2)6-12(17)10-4-3-5-11(7-10)18-8-13(14,15)16/h3-5,7,9H,6,8H2,1-2H3. The molecule has 1 aromatic carbocycles. The van der Waals surface area contributed by atoms with E-state index in [2.05, 4.69) is 4.74 Å². The molecule has 0 heterocycles. The minimum atomic E-state index is -4.38. The van der Waals surface area contributed by atoms with Crippen LogP contribution in [-0.2, 0) is 0 Å². The van der Waals surface area contributed by atoms with Crippen molar-refractivity contribution < 1.29 is 22.7 Å². The van der Waals surface area contributed by atoms with Gasteiger partial charge in [-0.15, -0.1) is 0 Å². The van der Waals surface area contributed by atoms with Gasteiger partial charge in [-0.1, -0.05) is 26.0 Å². The third-order valence-electron chi connectivity index (χ3n) is 2.15. The first kappa shape index (κ1) is 14.5. The number of ketones is 1. The zero-order valence-electron chi connectivity index (χ0n) is 10.3. The second-order valence-electron chi connectivity index (χ2n) is 4.45. The maximum Gasteiger partial charge on any atom is 0.422 e. The molecule has 0 saturated heterocycles. The number of hydrogen-bond acceptors (Lipinski definition) is 2. The molecule has 0 radical (unpaired) electrons. The number of rotatable bonds is 5. The average Bonchev–Trinajstić information content (AvgIpc) is 2.25. The Balaban J connectivity index is 2.70. The quantitative estimate of drug-likeness (QED) is 0.751. The van der Waals surface area contributed by atoms with Gasteiger partial charge in [0.05, 0.1) is 0 Å². The highest BCUT2D eigenvalue weighted by Crippen LogP contribution is 2.20. The Morgan fingerprint density at radius 1 is 1.33 bits per heavy atom. The number of halogens is 3. The molecule has 0 fully saturated rings. The number of alkyl halides is 3. The minimum Gasteiger partial charge on any atom is -0.484 e. The SMILES string of the molecule is CC(C)CC(=O)c1cccc(OCC(F)(F)F)c1. The van der Waals surface area contributed by atoms with Crippen molar-refractivity contribution in [1.82, 2.24) is 0 Å². The van der Waals surface area contributed by atoms with Gasteiger partial charge in [-0.2, -0.15) is 13.2 Å². The van der Waals surface area contributed by atoms with E-state index in [1.165, 1.54) is 18.2 Å². The van der Waals surface area contributed by atoms with Crippen molar-refractivity contribution in [3.63, 3.8) is 0 Å². The molecule has 0 bridgehead atoms. The number of hydrogen-bond donors (Lipinski definition) is 0. The van der Waals surface area contributed by atoms with Crippen LogP contribution < -0.4 is 4.74 Å². The van der Waals surface area contributed by atoms with Crippen molar-refractivity contribution in [3.05, 3.63) is 29.8 Å². The third kappa shape index (κ3) is 5.21. The lowest BCUT2D eigenvalue weighted by atomic mass is 10.0. The molecule has 1 rings (SSSR count). The fourth-order valence-electron chi connectivity index (χ4n) is 1.41. The number of ether oxygens (including phenoxy) is 1. The fraction of sp³-hybridized carbons (Fsp3) is 0.462. The van der Waals surface area contributed by atoms with E-state index in [-0.39, 0.29) is 17.5 Å². The molecule has 1 aromatic rings. The van der Waals surface area contributed by atoms with Crippen LogP contribution in [-0.4, -0.2) is 18.6 Å². The summed E-state index contributed by atoms with van der Waals surface area (Å²) < 4.78 is 40.5. The summed E-state index contributed by atoms with van der Waals surface area (Å²) in [5.74, 6) is 0.168. The molecule has 5 heteroatoms. The second kappa shape index (κ2) is 5.89. The third-order valence-corrected chi connectivity index (χ3v) is 2.15. The molecule has 0 atom stereocenters. The zero-order valence-corrected chi connectivity index (χ0v) is 10.3. The van der Waals surface area contributed by atoms with Crippen molar-refractivity contribution >= 4 is 5.78 Å². The molecule has 0 amide bonds. The first-order chi connectivity index (χ1) is 8.28. The summed E-state index contributed by atoms with van der Waals surface area (Å²) in [6.45, 7) is 2.46. The first-order valence-electron chi connectivity index (χ1n) is 5.61. The van der Waals surface area contributed by atoms with Crippen molar-refractivity contribution in [2.75, 3.05) is 6.61 Å². The van der Waals surface area contributed by atoms with Crippen LogP contribution in [0.4, 0.5) is 13.2 Å². The van der Waals surface area contributed by atoms with Gasteiger partial charge in [-0.05, 0) is 18.1 Å². The molecule has 0 aromatic heterocycles. The topological polar surface area (TPSA) is 26.3 Å². The maximum atomic E-state index is 12.0. The first-order valence-corrected chi connectivity index (χ1v) is 5.61. The van der Waals surface area contributed by atoms with E-state index in [0.717, 1.165) is 0 Å². The van der Waals surface area contributed by atoms with E-state index in [0.29, 0.717) is 12.0 Å². The zero-order chi connectivity index (χ0) is 13.8. The largest absolute Gasteiger partial charge is 0.484 e. The van der Waals surface area contributed by atoms with Gasteiger partial charge in [0.1, 0.15) is 5.75 Å². The van der Waals surface area contributed by atoms with Crippen LogP contribution in [0.3, 0.4) is 0 Å². The predicted molar refractivity (Wildman–Crippen MR) is 61.8 cm³/mol. The maximum absolute atomic E-state index is 12.0. The summed E-state index contributed by atoms with van der Waals surface area (Å²) in [7, 11) is 0. The van der Waals surface area contributed by atoms with Gasteiger partial charge in [0.2, 0.25) is 0 Å². The molecule has 0 aliphatic carbocycles. The predicted octanol–water partition coefficient (Wildman–Crippen LogP) is 3.86. The fourth-order valence-corrected chi connectivity index (χ4v) is 1.41. The van der Waals surface area contributed by atoms with Crippen LogP contribution in [0.1, 0.15) is 30.6 Å². The van der Waals surface area contributed by atoms with Crippen LogP contribution in [0.25, 0.3) is 0 Å². The van der Waals surface area contributed by atoms with Crippen LogP contribution >= 0.6 is 0 Å². The molecule has 0 spiro atoms. The lowest BCUT2D eigenvalue weighted by Gasteiger charge is -2.10. The highest BCUT2D eigenvalue weighted by atomic mass is 19.4. The van der Waals surface area contributed by atoms with E-state index >= 15 is 0 Å². The monoisotopic (exact) mass is 260 g/mol.